The fraction of sp³-hybridized carbons (Fsp3) is 0.143. The third kappa shape index (κ3) is 3.75. The Morgan fingerprint density at radius 1 is 1.30 bits per heavy atom. The van der Waals surface area contributed by atoms with Crippen LogP contribution in [0.3, 0.4) is 0 Å². The van der Waals surface area contributed by atoms with Gasteiger partial charge in [-0.15, -0.1) is 11.3 Å². The van der Waals surface area contributed by atoms with Gasteiger partial charge in [0.05, 0.1) is 14.4 Å². The average Bonchev–Trinajstić information content (AvgIpc) is 2.91. The lowest BCUT2D eigenvalue weighted by Crippen LogP contribution is -2.26. The van der Waals surface area contributed by atoms with E-state index in [9.17, 15) is 9.90 Å². The number of aliphatic hydroxyl groups excluding tert-OH is 1. The number of halogens is 1. The Labute approximate surface area is 129 Å². The summed E-state index contributed by atoms with van der Waals surface area (Å²) in [5.74, 6) is -0.550. The minimum absolute atomic E-state index is 0.539. The van der Waals surface area contributed by atoms with Crippen LogP contribution in [0, 0.1) is 0 Å². The monoisotopic (exact) mass is 352 g/mol. The van der Waals surface area contributed by atoms with Crippen LogP contribution < -0.4 is 5.43 Å². The molecule has 1 heterocycles. The number of aliphatic hydroxyl groups is 1. The molecular formula is C14H13BrN2O2S. The van der Waals surface area contributed by atoms with Crippen molar-refractivity contribution in [1.82, 2.24) is 5.43 Å². The molecular weight excluding hydrogens is 340 g/mol. The van der Waals surface area contributed by atoms with Crippen LogP contribution in [0.1, 0.15) is 23.5 Å². The van der Waals surface area contributed by atoms with Crippen molar-refractivity contribution in [2.45, 2.75) is 13.0 Å². The molecule has 0 aliphatic carbocycles. The van der Waals surface area contributed by atoms with E-state index in [1.807, 2.05) is 18.2 Å². The topological polar surface area (TPSA) is 61.7 Å². The number of nitrogens with one attached hydrogen (secondary N) is 1. The second-order valence-electron chi connectivity index (χ2n) is 4.09. The predicted octanol–water partition coefficient (Wildman–Crippen LogP) is 3.08. The smallest absolute Gasteiger partial charge is 0.273 e. The number of hydrogen-bond acceptors (Lipinski definition) is 4. The van der Waals surface area contributed by atoms with Gasteiger partial charge in [-0.3, -0.25) is 4.79 Å². The number of carbonyl (C=O) groups is 1. The highest BCUT2D eigenvalue weighted by molar-refractivity contribution is 9.11. The van der Waals surface area contributed by atoms with Gasteiger partial charge in [-0.2, -0.15) is 5.10 Å². The fourth-order valence-corrected chi connectivity index (χ4v) is 2.88. The van der Waals surface area contributed by atoms with E-state index in [0.717, 1.165) is 8.66 Å². The first-order chi connectivity index (χ1) is 9.58. The Kier molecular flexibility index (Phi) is 5.05. The molecule has 0 radical (unpaired) electrons. The summed E-state index contributed by atoms with van der Waals surface area (Å²) in [6.45, 7) is 1.80. The molecule has 4 nitrogen and oxygen atoms in total. The predicted molar refractivity (Wildman–Crippen MR) is 83.8 cm³/mol. The highest BCUT2D eigenvalue weighted by atomic mass is 79.9. The zero-order valence-corrected chi connectivity index (χ0v) is 13.1. The largest absolute Gasteiger partial charge is 0.378 e. The van der Waals surface area contributed by atoms with Crippen LogP contribution in [0.25, 0.3) is 0 Å². The highest BCUT2D eigenvalue weighted by Crippen LogP contribution is 2.22. The Balaban J connectivity index is 2.01. The summed E-state index contributed by atoms with van der Waals surface area (Å²) < 4.78 is 0.998. The van der Waals surface area contributed by atoms with E-state index in [0.29, 0.717) is 11.3 Å². The maximum absolute atomic E-state index is 11.8. The van der Waals surface area contributed by atoms with Crippen molar-refractivity contribution in [3.05, 3.63) is 56.7 Å². The zero-order valence-electron chi connectivity index (χ0n) is 10.7. The van der Waals surface area contributed by atoms with Crippen molar-refractivity contribution < 1.29 is 9.90 Å². The van der Waals surface area contributed by atoms with Gasteiger partial charge in [0, 0.05) is 0 Å². The van der Waals surface area contributed by atoms with Crippen LogP contribution in [0.4, 0.5) is 0 Å². The lowest BCUT2D eigenvalue weighted by Gasteiger charge is -2.09. The maximum Gasteiger partial charge on any atom is 0.273 e. The molecule has 0 saturated carbocycles. The summed E-state index contributed by atoms with van der Waals surface area (Å²) in [6.07, 6.45) is -1.22. The first-order valence-corrected chi connectivity index (χ1v) is 7.51. The number of carbonyl (C=O) groups excluding carboxylic acids is 1. The second-order valence-corrected chi connectivity index (χ2v) is 6.55. The summed E-state index contributed by atoms with van der Waals surface area (Å²) in [5, 5.41) is 13.9. The van der Waals surface area contributed by atoms with Crippen molar-refractivity contribution in [2.75, 3.05) is 0 Å². The molecule has 0 aliphatic heterocycles. The molecule has 0 spiro atoms. The summed E-state index contributed by atoms with van der Waals surface area (Å²) in [7, 11) is 0. The van der Waals surface area contributed by atoms with Crippen molar-refractivity contribution in [1.29, 1.82) is 0 Å². The number of thiophene rings is 1. The van der Waals surface area contributed by atoms with Crippen molar-refractivity contribution in [3.63, 3.8) is 0 Å². The molecule has 0 fully saturated rings. The van der Waals surface area contributed by atoms with E-state index in [1.165, 1.54) is 11.3 Å². The van der Waals surface area contributed by atoms with Crippen molar-refractivity contribution >= 4 is 38.9 Å². The molecule has 0 saturated heterocycles. The Hall–Kier alpha value is -1.50. The van der Waals surface area contributed by atoms with Gasteiger partial charge in [-0.1, -0.05) is 30.3 Å². The first-order valence-electron chi connectivity index (χ1n) is 5.91. The summed E-state index contributed by atoms with van der Waals surface area (Å²) in [6, 6.07) is 12.6. The van der Waals surface area contributed by atoms with Gasteiger partial charge in [0.15, 0.2) is 6.10 Å². The van der Waals surface area contributed by atoms with Crippen LogP contribution in [0.15, 0.2) is 51.4 Å². The Morgan fingerprint density at radius 3 is 2.60 bits per heavy atom. The quantitative estimate of drug-likeness (QED) is 0.656. The van der Waals surface area contributed by atoms with Crippen LogP contribution in [-0.2, 0) is 4.79 Å². The Bertz CT molecular complexity index is 625. The van der Waals surface area contributed by atoms with Gasteiger partial charge >= 0.3 is 0 Å². The van der Waals surface area contributed by atoms with Crippen LogP contribution in [-0.4, -0.2) is 16.7 Å². The van der Waals surface area contributed by atoms with Gasteiger partial charge in [-0.25, -0.2) is 5.43 Å². The van der Waals surface area contributed by atoms with Crippen molar-refractivity contribution in [2.24, 2.45) is 5.10 Å². The number of rotatable bonds is 4. The molecule has 2 N–H and O–H groups in total. The normalized spacial score (nSPS) is 13.1. The van der Waals surface area contributed by atoms with E-state index in [2.05, 4.69) is 26.5 Å². The highest BCUT2D eigenvalue weighted by Gasteiger charge is 2.16. The van der Waals surface area contributed by atoms with E-state index >= 15 is 0 Å². The van der Waals surface area contributed by atoms with Gasteiger partial charge in [0.25, 0.3) is 5.91 Å². The average molecular weight is 353 g/mol. The summed E-state index contributed by atoms with van der Waals surface area (Å²) >= 11 is 4.89. The third-order valence-electron chi connectivity index (χ3n) is 2.63. The Morgan fingerprint density at radius 2 is 2.00 bits per heavy atom. The van der Waals surface area contributed by atoms with Crippen LogP contribution in [0.2, 0.25) is 0 Å². The van der Waals surface area contributed by atoms with Crippen LogP contribution >= 0.6 is 27.3 Å². The van der Waals surface area contributed by atoms with Gasteiger partial charge in [0.1, 0.15) is 0 Å². The lowest BCUT2D eigenvalue weighted by molar-refractivity contribution is -0.129. The maximum atomic E-state index is 11.8. The molecule has 0 bridgehead atoms. The minimum Gasteiger partial charge on any atom is -0.378 e. The molecule has 1 amide bonds. The first kappa shape index (κ1) is 14.9. The lowest BCUT2D eigenvalue weighted by atomic mass is 10.1. The summed E-state index contributed by atoms with van der Waals surface area (Å²) in [4.78, 5) is 12.8. The number of nitrogens with zero attached hydrogens (tertiary/aromatic N) is 1. The molecule has 0 aliphatic rings. The van der Waals surface area contributed by atoms with E-state index < -0.39 is 12.0 Å². The molecule has 1 aromatic heterocycles. The van der Waals surface area contributed by atoms with Crippen molar-refractivity contribution in [3.8, 4) is 0 Å². The van der Waals surface area contributed by atoms with E-state index in [1.54, 1.807) is 31.2 Å². The molecule has 20 heavy (non-hydrogen) atoms. The minimum atomic E-state index is -1.22. The molecule has 1 aromatic carbocycles. The SMILES string of the molecule is C/C(=N/NC(=O)[C@H](O)c1ccccc1)c1ccc(Br)s1. The van der Waals surface area contributed by atoms with Gasteiger partial charge in [-0.05, 0) is 40.5 Å². The second kappa shape index (κ2) is 6.78. The molecule has 6 heteroatoms. The molecule has 104 valence electrons. The standard InChI is InChI=1S/C14H13BrN2O2S/c1-9(11-7-8-12(15)20-11)16-17-14(19)13(18)10-5-3-2-4-6-10/h2-8,13,18H,1H3,(H,17,19)/b16-9-/t13-/m1/s1. The zero-order chi connectivity index (χ0) is 14.5. The van der Waals surface area contributed by atoms with Gasteiger partial charge in [0.2, 0.25) is 0 Å². The third-order valence-corrected chi connectivity index (χ3v) is 4.36. The molecule has 2 rings (SSSR count). The number of benzene rings is 1. The molecule has 0 unspecified atom stereocenters. The number of hydrazone groups is 1. The van der Waals surface area contributed by atoms with E-state index in [4.69, 9.17) is 0 Å². The van der Waals surface area contributed by atoms with Gasteiger partial charge < -0.3 is 5.11 Å². The molecule has 2 aromatic rings. The number of amides is 1. The van der Waals surface area contributed by atoms with E-state index in [-0.39, 0.29) is 0 Å². The number of hydrogen-bond donors (Lipinski definition) is 2. The fourth-order valence-electron chi connectivity index (χ4n) is 1.55. The molecule has 1 atom stereocenters. The van der Waals surface area contributed by atoms with Crippen LogP contribution in [0.5, 0.6) is 0 Å². The summed E-state index contributed by atoms with van der Waals surface area (Å²) in [5.41, 5.74) is 3.61.